The lowest BCUT2D eigenvalue weighted by Gasteiger charge is -2.22. The summed E-state index contributed by atoms with van der Waals surface area (Å²) >= 11 is 5.89. The maximum absolute atomic E-state index is 12.2. The van der Waals surface area contributed by atoms with Gasteiger partial charge in [-0.25, -0.2) is 8.42 Å². The number of nitrogens with one attached hydrogen (secondary N) is 1. The average Bonchev–Trinajstić information content (AvgIpc) is 2.56. The van der Waals surface area contributed by atoms with Crippen molar-refractivity contribution in [1.29, 1.82) is 0 Å². The first kappa shape index (κ1) is 18.3. The second kappa shape index (κ2) is 7.68. The van der Waals surface area contributed by atoms with Gasteiger partial charge in [0.05, 0.1) is 11.4 Å². The van der Waals surface area contributed by atoms with Crippen LogP contribution in [0.4, 0.5) is 11.4 Å². The molecule has 0 saturated carbocycles. The summed E-state index contributed by atoms with van der Waals surface area (Å²) in [4.78, 5) is 12.2. The van der Waals surface area contributed by atoms with Crippen LogP contribution in [-0.4, -0.2) is 26.6 Å². The predicted molar refractivity (Wildman–Crippen MR) is 98.3 cm³/mol. The lowest BCUT2D eigenvalue weighted by molar-refractivity contribution is 0.102. The second-order valence-corrected chi connectivity index (χ2v) is 7.70. The van der Waals surface area contributed by atoms with Gasteiger partial charge < -0.3 is 5.32 Å². The number of carbonyl (C=O) groups is 1. The van der Waals surface area contributed by atoms with E-state index in [0.717, 1.165) is 0 Å². The van der Waals surface area contributed by atoms with Crippen LogP contribution in [0.2, 0.25) is 5.02 Å². The Morgan fingerprint density at radius 1 is 1.12 bits per heavy atom. The maximum Gasteiger partial charge on any atom is 0.255 e. The number of anilines is 2. The van der Waals surface area contributed by atoms with E-state index in [1.807, 2.05) is 0 Å². The quantitative estimate of drug-likeness (QED) is 0.846. The Labute approximate surface area is 147 Å². The molecule has 0 spiro atoms. The Balaban J connectivity index is 2.18. The Morgan fingerprint density at radius 2 is 1.79 bits per heavy atom. The molecule has 0 atom stereocenters. The standard InChI is InChI=1S/C17H19ClN2O3S/c1-3-20(24(22,23)4-2)16-10-8-13(9-11-16)17(21)19-15-7-5-6-14(18)12-15/h5-12H,3-4H2,1-2H3,(H,19,21). The highest BCUT2D eigenvalue weighted by molar-refractivity contribution is 7.92. The monoisotopic (exact) mass is 366 g/mol. The molecule has 2 rings (SSSR count). The molecule has 0 aromatic heterocycles. The summed E-state index contributed by atoms with van der Waals surface area (Å²) in [7, 11) is -3.33. The molecule has 24 heavy (non-hydrogen) atoms. The van der Waals surface area contributed by atoms with Gasteiger partial charge in [-0.15, -0.1) is 0 Å². The molecule has 0 heterocycles. The van der Waals surface area contributed by atoms with Crippen molar-refractivity contribution in [2.75, 3.05) is 21.9 Å². The van der Waals surface area contributed by atoms with Crippen LogP contribution in [0.1, 0.15) is 24.2 Å². The van der Waals surface area contributed by atoms with Crippen LogP contribution in [0.15, 0.2) is 48.5 Å². The minimum absolute atomic E-state index is 0.0256. The first-order valence-corrected chi connectivity index (χ1v) is 9.53. The highest BCUT2D eigenvalue weighted by atomic mass is 35.5. The van der Waals surface area contributed by atoms with E-state index >= 15 is 0 Å². The summed E-state index contributed by atoms with van der Waals surface area (Å²) in [6, 6.07) is 13.3. The lowest BCUT2D eigenvalue weighted by Crippen LogP contribution is -2.32. The largest absolute Gasteiger partial charge is 0.322 e. The molecule has 5 nitrogen and oxygen atoms in total. The number of benzene rings is 2. The number of nitrogens with zero attached hydrogens (tertiary/aromatic N) is 1. The lowest BCUT2D eigenvalue weighted by atomic mass is 10.2. The van der Waals surface area contributed by atoms with Gasteiger partial charge in [-0.2, -0.15) is 0 Å². The molecule has 0 bridgehead atoms. The van der Waals surface area contributed by atoms with Crippen molar-refractivity contribution in [1.82, 2.24) is 0 Å². The highest BCUT2D eigenvalue weighted by Crippen LogP contribution is 2.20. The molecule has 7 heteroatoms. The third-order valence-corrected chi connectivity index (χ3v) is 5.59. The normalized spacial score (nSPS) is 11.1. The van der Waals surface area contributed by atoms with E-state index in [1.165, 1.54) is 4.31 Å². The van der Waals surface area contributed by atoms with Crippen molar-refractivity contribution in [3.8, 4) is 0 Å². The molecule has 1 N–H and O–H groups in total. The molecule has 0 radical (unpaired) electrons. The van der Waals surface area contributed by atoms with Crippen molar-refractivity contribution >= 4 is 38.9 Å². The van der Waals surface area contributed by atoms with Crippen molar-refractivity contribution in [3.05, 3.63) is 59.1 Å². The minimum Gasteiger partial charge on any atom is -0.322 e. The summed E-state index contributed by atoms with van der Waals surface area (Å²) in [6.07, 6.45) is 0. The van der Waals surface area contributed by atoms with E-state index in [4.69, 9.17) is 11.6 Å². The zero-order valence-electron chi connectivity index (χ0n) is 13.5. The number of hydrogen-bond donors (Lipinski definition) is 1. The summed E-state index contributed by atoms with van der Waals surface area (Å²) < 4.78 is 25.4. The fourth-order valence-electron chi connectivity index (χ4n) is 2.24. The molecule has 0 aliphatic carbocycles. The highest BCUT2D eigenvalue weighted by Gasteiger charge is 2.19. The van der Waals surface area contributed by atoms with Gasteiger partial charge >= 0.3 is 0 Å². The molecule has 2 aromatic carbocycles. The van der Waals surface area contributed by atoms with Gasteiger partial charge in [-0.05, 0) is 56.3 Å². The zero-order chi connectivity index (χ0) is 17.7. The van der Waals surface area contributed by atoms with Crippen molar-refractivity contribution in [2.45, 2.75) is 13.8 Å². The number of amides is 1. The van der Waals surface area contributed by atoms with Crippen LogP contribution in [0, 0.1) is 0 Å². The molecule has 0 fully saturated rings. The smallest absolute Gasteiger partial charge is 0.255 e. The Kier molecular flexibility index (Phi) is 5.85. The first-order valence-electron chi connectivity index (χ1n) is 7.54. The van der Waals surface area contributed by atoms with E-state index in [1.54, 1.807) is 62.4 Å². The van der Waals surface area contributed by atoms with E-state index in [9.17, 15) is 13.2 Å². The maximum atomic E-state index is 12.2. The van der Waals surface area contributed by atoms with Gasteiger partial charge in [0.15, 0.2) is 0 Å². The first-order chi connectivity index (χ1) is 11.4. The number of rotatable bonds is 6. The van der Waals surface area contributed by atoms with Crippen molar-refractivity contribution in [2.24, 2.45) is 0 Å². The molecule has 0 saturated heterocycles. The van der Waals surface area contributed by atoms with Gasteiger partial charge in [0.2, 0.25) is 10.0 Å². The van der Waals surface area contributed by atoms with Crippen LogP contribution >= 0.6 is 11.6 Å². The van der Waals surface area contributed by atoms with Gasteiger partial charge in [-0.1, -0.05) is 17.7 Å². The van der Waals surface area contributed by atoms with E-state index in [0.29, 0.717) is 28.5 Å². The van der Waals surface area contributed by atoms with Crippen molar-refractivity contribution in [3.63, 3.8) is 0 Å². The Hall–Kier alpha value is -2.05. The van der Waals surface area contributed by atoms with Gasteiger partial charge in [0.1, 0.15) is 0 Å². The molecule has 0 aliphatic heterocycles. The summed E-state index contributed by atoms with van der Waals surface area (Å²) in [5.41, 5.74) is 1.57. The average molecular weight is 367 g/mol. The van der Waals surface area contributed by atoms with Gasteiger partial charge in [0, 0.05) is 22.8 Å². The number of hydrogen-bond acceptors (Lipinski definition) is 3. The third kappa shape index (κ3) is 4.27. The number of halogens is 1. The fraction of sp³-hybridized carbons (Fsp3) is 0.235. The summed E-state index contributed by atoms with van der Waals surface area (Å²) in [5, 5.41) is 3.28. The van der Waals surface area contributed by atoms with Crippen LogP contribution in [0.25, 0.3) is 0 Å². The predicted octanol–water partition coefficient (Wildman–Crippen LogP) is 3.77. The topological polar surface area (TPSA) is 66.5 Å². The van der Waals surface area contributed by atoms with Crippen molar-refractivity contribution < 1.29 is 13.2 Å². The third-order valence-electron chi connectivity index (χ3n) is 3.49. The molecular weight excluding hydrogens is 348 g/mol. The summed E-state index contributed by atoms with van der Waals surface area (Å²) in [6.45, 7) is 3.71. The zero-order valence-corrected chi connectivity index (χ0v) is 15.1. The Bertz CT molecular complexity index is 820. The van der Waals surface area contributed by atoms with Gasteiger partial charge in [0.25, 0.3) is 5.91 Å². The van der Waals surface area contributed by atoms with Crippen LogP contribution in [0.5, 0.6) is 0 Å². The molecule has 128 valence electrons. The Morgan fingerprint density at radius 3 is 2.33 bits per heavy atom. The molecule has 1 amide bonds. The molecule has 0 unspecified atom stereocenters. The van der Waals surface area contributed by atoms with E-state index in [-0.39, 0.29) is 11.7 Å². The van der Waals surface area contributed by atoms with E-state index in [2.05, 4.69) is 5.32 Å². The fourth-order valence-corrected chi connectivity index (χ4v) is 3.58. The molecular formula is C17H19ClN2O3S. The number of carbonyl (C=O) groups excluding carboxylic acids is 1. The second-order valence-electron chi connectivity index (χ2n) is 5.08. The van der Waals surface area contributed by atoms with Crippen LogP contribution < -0.4 is 9.62 Å². The minimum atomic E-state index is -3.33. The summed E-state index contributed by atoms with van der Waals surface area (Å²) in [5.74, 6) is -0.261. The van der Waals surface area contributed by atoms with Gasteiger partial charge in [-0.3, -0.25) is 9.10 Å². The van der Waals surface area contributed by atoms with Crippen LogP contribution in [0.3, 0.4) is 0 Å². The molecule has 0 aliphatic rings. The van der Waals surface area contributed by atoms with E-state index < -0.39 is 10.0 Å². The van der Waals surface area contributed by atoms with Crippen LogP contribution in [-0.2, 0) is 10.0 Å². The number of sulfonamides is 1. The SMILES string of the molecule is CCN(c1ccc(C(=O)Nc2cccc(Cl)c2)cc1)S(=O)(=O)CC. The molecule has 2 aromatic rings.